The van der Waals surface area contributed by atoms with Crippen molar-refractivity contribution in [3.8, 4) is 0 Å². The summed E-state index contributed by atoms with van der Waals surface area (Å²) in [5.41, 5.74) is 4.27. The molecule has 0 fully saturated rings. The monoisotopic (exact) mass is 311 g/mol. The number of aryl methyl sites for hydroxylation is 2. The van der Waals surface area contributed by atoms with Crippen LogP contribution in [0.15, 0.2) is 42.5 Å². The third kappa shape index (κ3) is 4.32. The number of benzene rings is 2. The molecule has 0 bridgehead atoms. The molecule has 0 atom stereocenters. The highest BCUT2D eigenvalue weighted by molar-refractivity contribution is 5.98. The normalized spacial score (nSPS) is 10.0. The van der Waals surface area contributed by atoms with Crippen LogP contribution in [0.2, 0.25) is 0 Å². The topological polar surface area (TPSA) is 70.2 Å². The first-order valence-corrected chi connectivity index (χ1v) is 7.43. The number of anilines is 2. The SMILES string of the molecule is CNC(=O)c1cccc(NC(=O)CNc2c(C)cccc2C)c1. The van der Waals surface area contributed by atoms with Gasteiger partial charge in [-0.1, -0.05) is 24.3 Å². The first-order valence-electron chi connectivity index (χ1n) is 7.43. The maximum atomic E-state index is 12.1. The van der Waals surface area contributed by atoms with Crippen LogP contribution < -0.4 is 16.0 Å². The second-order valence-corrected chi connectivity index (χ2v) is 5.33. The van der Waals surface area contributed by atoms with E-state index in [0.717, 1.165) is 16.8 Å². The molecule has 2 rings (SSSR count). The summed E-state index contributed by atoms with van der Waals surface area (Å²) in [6.45, 7) is 4.16. The predicted octanol–water partition coefficient (Wildman–Crippen LogP) is 2.71. The van der Waals surface area contributed by atoms with E-state index in [1.807, 2.05) is 32.0 Å². The second-order valence-electron chi connectivity index (χ2n) is 5.33. The first-order chi connectivity index (χ1) is 11.0. The Labute approximate surface area is 136 Å². The van der Waals surface area contributed by atoms with Gasteiger partial charge in [0.15, 0.2) is 0 Å². The molecule has 0 saturated carbocycles. The van der Waals surface area contributed by atoms with E-state index in [0.29, 0.717) is 11.3 Å². The lowest BCUT2D eigenvalue weighted by atomic mass is 10.1. The lowest BCUT2D eigenvalue weighted by Crippen LogP contribution is -2.23. The third-order valence-corrected chi connectivity index (χ3v) is 3.54. The second kappa shape index (κ2) is 7.45. The fourth-order valence-electron chi connectivity index (χ4n) is 2.35. The van der Waals surface area contributed by atoms with Crippen LogP contribution in [0, 0.1) is 13.8 Å². The Hall–Kier alpha value is -2.82. The van der Waals surface area contributed by atoms with Crippen LogP contribution in [0.3, 0.4) is 0 Å². The van der Waals surface area contributed by atoms with Crippen molar-refractivity contribution >= 4 is 23.2 Å². The Balaban J connectivity index is 1.99. The molecule has 120 valence electrons. The van der Waals surface area contributed by atoms with Crippen molar-refractivity contribution in [2.24, 2.45) is 0 Å². The summed E-state index contributed by atoms with van der Waals surface area (Å²) in [4.78, 5) is 23.7. The number of hydrogen-bond acceptors (Lipinski definition) is 3. The summed E-state index contributed by atoms with van der Waals surface area (Å²) in [6, 6.07) is 12.8. The number of rotatable bonds is 5. The van der Waals surface area contributed by atoms with Crippen molar-refractivity contribution in [3.05, 3.63) is 59.2 Å². The average Bonchev–Trinajstić information content (AvgIpc) is 2.54. The molecule has 0 unspecified atom stereocenters. The predicted molar refractivity (Wildman–Crippen MR) is 92.9 cm³/mol. The Kier molecular flexibility index (Phi) is 5.36. The van der Waals surface area contributed by atoms with Crippen LogP contribution in [0.5, 0.6) is 0 Å². The zero-order valence-corrected chi connectivity index (χ0v) is 13.6. The summed E-state index contributed by atoms with van der Waals surface area (Å²) < 4.78 is 0. The van der Waals surface area contributed by atoms with Gasteiger partial charge in [0.25, 0.3) is 5.91 Å². The fourth-order valence-corrected chi connectivity index (χ4v) is 2.35. The summed E-state index contributed by atoms with van der Waals surface area (Å²) in [6.07, 6.45) is 0. The number of carbonyl (C=O) groups is 2. The molecule has 2 aromatic carbocycles. The number of carbonyl (C=O) groups excluding carboxylic acids is 2. The van der Waals surface area contributed by atoms with Crippen LogP contribution in [0.25, 0.3) is 0 Å². The molecule has 0 heterocycles. The summed E-state index contributed by atoms with van der Waals surface area (Å²) >= 11 is 0. The van der Waals surface area contributed by atoms with Gasteiger partial charge in [0.2, 0.25) is 5.91 Å². The number of hydrogen-bond donors (Lipinski definition) is 3. The van der Waals surface area contributed by atoms with Gasteiger partial charge in [0, 0.05) is 24.0 Å². The van der Waals surface area contributed by atoms with E-state index in [1.165, 1.54) is 0 Å². The maximum Gasteiger partial charge on any atom is 0.251 e. The van der Waals surface area contributed by atoms with Gasteiger partial charge >= 0.3 is 0 Å². The van der Waals surface area contributed by atoms with Gasteiger partial charge in [-0.2, -0.15) is 0 Å². The molecule has 3 N–H and O–H groups in total. The van der Waals surface area contributed by atoms with E-state index in [-0.39, 0.29) is 18.4 Å². The zero-order valence-electron chi connectivity index (χ0n) is 13.6. The van der Waals surface area contributed by atoms with Gasteiger partial charge in [0.1, 0.15) is 0 Å². The lowest BCUT2D eigenvalue weighted by Gasteiger charge is -2.13. The third-order valence-electron chi connectivity index (χ3n) is 3.54. The average molecular weight is 311 g/mol. The highest BCUT2D eigenvalue weighted by Gasteiger charge is 2.08. The first kappa shape index (κ1) is 16.5. The summed E-state index contributed by atoms with van der Waals surface area (Å²) in [7, 11) is 1.57. The molecule has 2 amide bonds. The van der Waals surface area contributed by atoms with Gasteiger partial charge in [-0.3, -0.25) is 9.59 Å². The molecule has 2 aromatic rings. The van der Waals surface area contributed by atoms with E-state index >= 15 is 0 Å². The van der Waals surface area contributed by atoms with Crippen LogP contribution in [-0.2, 0) is 4.79 Å². The molecular weight excluding hydrogens is 290 g/mol. The zero-order chi connectivity index (χ0) is 16.8. The molecule has 5 heteroatoms. The van der Waals surface area contributed by atoms with Crippen LogP contribution in [-0.4, -0.2) is 25.4 Å². The molecular formula is C18H21N3O2. The quantitative estimate of drug-likeness (QED) is 0.795. The van der Waals surface area contributed by atoms with Crippen molar-refractivity contribution < 1.29 is 9.59 Å². The molecule has 0 aliphatic heterocycles. The van der Waals surface area contributed by atoms with Gasteiger partial charge in [-0.25, -0.2) is 0 Å². The minimum atomic E-state index is -0.185. The molecule has 0 spiro atoms. The van der Waals surface area contributed by atoms with Crippen LogP contribution in [0.4, 0.5) is 11.4 Å². The van der Waals surface area contributed by atoms with E-state index in [1.54, 1.807) is 31.3 Å². The van der Waals surface area contributed by atoms with E-state index < -0.39 is 0 Å². The molecule has 5 nitrogen and oxygen atoms in total. The number of para-hydroxylation sites is 1. The van der Waals surface area contributed by atoms with E-state index in [9.17, 15) is 9.59 Å². The minimum absolute atomic E-state index is 0.163. The maximum absolute atomic E-state index is 12.1. The van der Waals surface area contributed by atoms with Gasteiger partial charge < -0.3 is 16.0 Å². The lowest BCUT2D eigenvalue weighted by molar-refractivity contribution is -0.114. The Morgan fingerprint density at radius 3 is 2.30 bits per heavy atom. The highest BCUT2D eigenvalue weighted by atomic mass is 16.2. The Morgan fingerprint density at radius 2 is 1.65 bits per heavy atom. The minimum Gasteiger partial charge on any atom is -0.376 e. The summed E-state index contributed by atoms with van der Waals surface area (Å²) in [5, 5.41) is 8.50. The molecule has 23 heavy (non-hydrogen) atoms. The molecule has 0 aliphatic carbocycles. The van der Waals surface area contributed by atoms with Gasteiger partial charge in [-0.05, 0) is 43.2 Å². The molecule has 0 radical (unpaired) electrons. The van der Waals surface area contributed by atoms with Crippen LogP contribution >= 0.6 is 0 Å². The summed E-state index contributed by atoms with van der Waals surface area (Å²) in [5.74, 6) is -0.350. The fraction of sp³-hybridized carbons (Fsp3) is 0.222. The van der Waals surface area contributed by atoms with Crippen molar-refractivity contribution in [1.29, 1.82) is 0 Å². The molecule has 0 aliphatic rings. The van der Waals surface area contributed by atoms with E-state index in [4.69, 9.17) is 0 Å². The number of nitrogens with one attached hydrogen (secondary N) is 3. The standard InChI is InChI=1S/C18H21N3O2/c1-12-6-4-7-13(2)17(12)20-11-16(22)21-15-9-5-8-14(10-15)18(23)19-3/h4-10,20H,11H2,1-3H3,(H,19,23)(H,21,22). The van der Waals surface area contributed by atoms with E-state index in [2.05, 4.69) is 16.0 Å². The van der Waals surface area contributed by atoms with Crippen LogP contribution in [0.1, 0.15) is 21.5 Å². The van der Waals surface area contributed by atoms with Crippen molar-refractivity contribution in [1.82, 2.24) is 5.32 Å². The van der Waals surface area contributed by atoms with Gasteiger partial charge in [0.05, 0.1) is 6.54 Å². The van der Waals surface area contributed by atoms with Crippen molar-refractivity contribution in [2.45, 2.75) is 13.8 Å². The molecule has 0 saturated heterocycles. The molecule has 0 aromatic heterocycles. The highest BCUT2D eigenvalue weighted by Crippen LogP contribution is 2.19. The smallest absolute Gasteiger partial charge is 0.251 e. The largest absolute Gasteiger partial charge is 0.376 e. The van der Waals surface area contributed by atoms with Crippen molar-refractivity contribution in [2.75, 3.05) is 24.2 Å². The Morgan fingerprint density at radius 1 is 1.00 bits per heavy atom. The number of amides is 2. The van der Waals surface area contributed by atoms with Gasteiger partial charge in [-0.15, -0.1) is 0 Å². The Bertz CT molecular complexity index is 706. The van der Waals surface area contributed by atoms with Crippen molar-refractivity contribution in [3.63, 3.8) is 0 Å².